The SMILES string of the molecule is CC(CCN)C(=O)NCCCCC(=O)O. The van der Waals surface area contributed by atoms with Crippen LogP contribution in [0.2, 0.25) is 0 Å². The molecule has 1 unspecified atom stereocenters. The number of carbonyl (C=O) groups excluding carboxylic acids is 1. The molecule has 0 aromatic rings. The molecule has 0 aromatic heterocycles. The van der Waals surface area contributed by atoms with Gasteiger partial charge < -0.3 is 16.2 Å². The molecule has 0 spiro atoms. The Balaban J connectivity index is 3.42. The number of hydrogen-bond acceptors (Lipinski definition) is 3. The van der Waals surface area contributed by atoms with E-state index in [1.54, 1.807) is 0 Å². The molecule has 1 amide bonds. The lowest BCUT2D eigenvalue weighted by Crippen LogP contribution is -2.31. The van der Waals surface area contributed by atoms with Crippen molar-refractivity contribution in [3.05, 3.63) is 0 Å². The molecule has 4 N–H and O–H groups in total. The number of carboxylic acids is 1. The predicted molar refractivity (Wildman–Crippen MR) is 57.3 cm³/mol. The molecule has 5 heteroatoms. The maximum absolute atomic E-state index is 11.3. The van der Waals surface area contributed by atoms with Crippen molar-refractivity contribution < 1.29 is 14.7 Å². The third-order valence-electron chi connectivity index (χ3n) is 2.16. The van der Waals surface area contributed by atoms with Gasteiger partial charge in [-0.05, 0) is 25.8 Å². The second-order valence-corrected chi connectivity index (χ2v) is 3.62. The van der Waals surface area contributed by atoms with Crippen LogP contribution in [-0.4, -0.2) is 30.1 Å². The number of carboxylic acid groups (broad SMARTS) is 1. The Morgan fingerprint density at radius 3 is 2.60 bits per heavy atom. The average molecular weight is 216 g/mol. The number of unbranched alkanes of at least 4 members (excludes halogenated alkanes) is 1. The highest BCUT2D eigenvalue weighted by molar-refractivity contribution is 5.78. The molecule has 0 saturated heterocycles. The largest absolute Gasteiger partial charge is 0.481 e. The van der Waals surface area contributed by atoms with Crippen molar-refractivity contribution in [1.82, 2.24) is 5.32 Å². The Morgan fingerprint density at radius 2 is 2.07 bits per heavy atom. The monoisotopic (exact) mass is 216 g/mol. The number of rotatable bonds is 8. The molecule has 0 saturated carbocycles. The van der Waals surface area contributed by atoms with Crippen LogP contribution in [0.25, 0.3) is 0 Å². The van der Waals surface area contributed by atoms with Gasteiger partial charge in [0.1, 0.15) is 0 Å². The number of nitrogens with one attached hydrogen (secondary N) is 1. The Bertz CT molecular complexity index is 207. The molecule has 0 rings (SSSR count). The van der Waals surface area contributed by atoms with E-state index in [4.69, 9.17) is 10.8 Å². The van der Waals surface area contributed by atoms with E-state index in [0.29, 0.717) is 32.4 Å². The van der Waals surface area contributed by atoms with Crippen molar-refractivity contribution in [3.63, 3.8) is 0 Å². The molecular formula is C10H20N2O3. The zero-order chi connectivity index (χ0) is 11.7. The summed E-state index contributed by atoms with van der Waals surface area (Å²) in [7, 11) is 0. The lowest BCUT2D eigenvalue weighted by Gasteiger charge is -2.10. The Labute approximate surface area is 90.0 Å². The van der Waals surface area contributed by atoms with E-state index in [9.17, 15) is 9.59 Å². The molecule has 0 aliphatic rings. The summed E-state index contributed by atoms with van der Waals surface area (Å²) in [6.45, 7) is 2.88. The first kappa shape index (κ1) is 13.9. The minimum absolute atomic E-state index is 0.00391. The zero-order valence-corrected chi connectivity index (χ0v) is 9.16. The topological polar surface area (TPSA) is 92.4 Å². The van der Waals surface area contributed by atoms with Crippen molar-refractivity contribution in [2.75, 3.05) is 13.1 Å². The molecule has 0 bridgehead atoms. The first-order chi connectivity index (χ1) is 7.07. The maximum Gasteiger partial charge on any atom is 0.303 e. The summed E-state index contributed by atoms with van der Waals surface area (Å²) in [4.78, 5) is 21.5. The highest BCUT2D eigenvalue weighted by atomic mass is 16.4. The fourth-order valence-electron chi connectivity index (χ4n) is 1.17. The maximum atomic E-state index is 11.3. The van der Waals surface area contributed by atoms with Crippen molar-refractivity contribution in [1.29, 1.82) is 0 Å². The second-order valence-electron chi connectivity index (χ2n) is 3.62. The molecule has 0 heterocycles. The molecule has 0 radical (unpaired) electrons. The Morgan fingerprint density at radius 1 is 1.40 bits per heavy atom. The van der Waals surface area contributed by atoms with Gasteiger partial charge in [0.2, 0.25) is 5.91 Å². The van der Waals surface area contributed by atoms with Gasteiger partial charge in [-0.15, -0.1) is 0 Å². The summed E-state index contributed by atoms with van der Waals surface area (Å²) >= 11 is 0. The van der Waals surface area contributed by atoms with Gasteiger partial charge in [0.15, 0.2) is 0 Å². The van der Waals surface area contributed by atoms with E-state index in [0.717, 1.165) is 0 Å². The highest BCUT2D eigenvalue weighted by Crippen LogP contribution is 2.00. The predicted octanol–water partition coefficient (Wildman–Crippen LogP) is 0.342. The van der Waals surface area contributed by atoms with Crippen molar-refractivity contribution in [3.8, 4) is 0 Å². The first-order valence-electron chi connectivity index (χ1n) is 5.27. The second kappa shape index (κ2) is 8.23. The van der Waals surface area contributed by atoms with E-state index in [1.165, 1.54) is 0 Å². The lowest BCUT2D eigenvalue weighted by molar-refractivity contribution is -0.137. The van der Waals surface area contributed by atoms with Crippen molar-refractivity contribution in [2.45, 2.75) is 32.6 Å². The zero-order valence-electron chi connectivity index (χ0n) is 9.16. The van der Waals surface area contributed by atoms with E-state index >= 15 is 0 Å². The fourth-order valence-corrected chi connectivity index (χ4v) is 1.17. The number of nitrogens with two attached hydrogens (primary N) is 1. The standard InChI is InChI=1S/C10H20N2O3/c1-8(5-6-11)10(15)12-7-3-2-4-9(13)14/h8H,2-7,11H2,1H3,(H,12,15)(H,13,14). The van der Waals surface area contributed by atoms with E-state index in [-0.39, 0.29) is 18.2 Å². The summed E-state index contributed by atoms with van der Waals surface area (Å²) in [5.74, 6) is -0.858. The van der Waals surface area contributed by atoms with Crippen LogP contribution in [0.4, 0.5) is 0 Å². The molecule has 88 valence electrons. The van der Waals surface area contributed by atoms with E-state index in [1.807, 2.05) is 6.92 Å². The van der Waals surface area contributed by atoms with Crippen LogP contribution in [0.15, 0.2) is 0 Å². The van der Waals surface area contributed by atoms with E-state index < -0.39 is 5.97 Å². The van der Waals surface area contributed by atoms with Gasteiger partial charge in [0, 0.05) is 18.9 Å². The summed E-state index contributed by atoms with van der Waals surface area (Å²) in [6, 6.07) is 0. The number of aliphatic carboxylic acids is 1. The van der Waals surface area contributed by atoms with Crippen LogP contribution in [0.5, 0.6) is 0 Å². The Kier molecular flexibility index (Phi) is 7.62. The van der Waals surface area contributed by atoms with Crippen LogP contribution in [0.1, 0.15) is 32.6 Å². The summed E-state index contributed by atoms with van der Waals surface area (Å²) in [5.41, 5.74) is 5.33. The first-order valence-corrected chi connectivity index (χ1v) is 5.27. The van der Waals surface area contributed by atoms with Crippen LogP contribution in [0, 0.1) is 5.92 Å². The van der Waals surface area contributed by atoms with Gasteiger partial charge in [-0.1, -0.05) is 6.92 Å². The normalized spacial score (nSPS) is 12.1. The number of hydrogen-bond donors (Lipinski definition) is 3. The van der Waals surface area contributed by atoms with Gasteiger partial charge in [0.25, 0.3) is 0 Å². The molecular weight excluding hydrogens is 196 g/mol. The molecule has 0 aliphatic carbocycles. The van der Waals surface area contributed by atoms with Crippen LogP contribution in [0.3, 0.4) is 0 Å². The van der Waals surface area contributed by atoms with Gasteiger partial charge in [-0.25, -0.2) is 0 Å². The molecule has 15 heavy (non-hydrogen) atoms. The summed E-state index contributed by atoms with van der Waals surface area (Å²) in [5, 5.41) is 11.1. The molecule has 0 aromatic carbocycles. The minimum atomic E-state index is -0.794. The minimum Gasteiger partial charge on any atom is -0.481 e. The molecule has 0 aliphatic heterocycles. The van der Waals surface area contributed by atoms with Crippen LogP contribution < -0.4 is 11.1 Å². The van der Waals surface area contributed by atoms with Crippen molar-refractivity contribution >= 4 is 11.9 Å². The third-order valence-corrected chi connectivity index (χ3v) is 2.16. The van der Waals surface area contributed by atoms with Gasteiger partial charge in [0.05, 0.1) is 0 Å². The highest BCUT2D eigenvalue weighted by Gasteiger charge is 2.10. The average Bonchev–Trinajstić information content (AvgIpc) is 2.16. The van der Waals surface area contributed by atoms with Crippen LogP contribution in [-0.2, 0) is 9.59 Å². The Hall–Kier alpha value is -1.10. The van der Waals surface area contributed by atoms with Gasteiger partial charge >= 0.3 is 5.97 Å². The van der Waals surface area contributed by atoms with Crippen molar-refractivity contribution in [2.24, 2.45) is 11.7 Å². The molecule has 1 atom stereocenters. The summed E-state index contributed by atoms with van der Waals surface area (Å²) in [6.07, 6.45) is 2.14. The van der Waals surface area contributed by atoms with Crippen LogP contribution >= 0.6 is 0 Å². The van der Waals surface area contributed by atoms with E-state index in [2.05, 4.69) is 5.32 Å². The number of carbonyl (C=O) groups is 2. The molecule has 5 nitrogen and oxygen atoms in total. The fraction of sp³-hybridized carbons (Fsp3) is 0.800. The quantitative estimate of drug-likeness (QED) is 0.510. The summed E-state index contributed by atoms with van der Waals surface area (Å²) < 4.78 is 0. The van der Waals surface area contributed by atoms with Gasteiger partial charge in [-0.3, -0.25) is 9.59 Å². The molecule has 0 fully saturated rings. The lowest BCUT2D eigenvalue weighted by atomic mass is 10.1. The number of amides is 1. The third kappa shape index (κ3) is 7.93. The smallest absolute Gasteiger partial charge is 0.303 e. The van der Waals surface area contributed by atoms with Gasteiger partial charge in [-0.2, -0.15) is 0 Å².